The summed E-state index contributed by atoms with van der Waals surface area (Å²) in [5.41, 5.74) is -1.53. The number of nitrogens with one attached hydrogen (secondary N) is 2. The van der Waals surface area contributed by atoms with Gasteiger partial charge in [-0.15, -0.1) is 0 Å². The molecular formula is C17H13F4N3O2S. The zero-order valence-corrected chi connectivity index (χ0v) is 14.6. The molecule has 3 aromatic rings. The number of aromatic amines is 1. The molecule has 5 nitrogen and oxygen atoms in total. The number of halogens is 4. The van der Waals surface area contributed by atoms with E-state index < -0.39 is 39.1 Å². The van der Waals surface area contributed by atoms with Gasteiger partial charge in [-0.3, -0.25) is 9.82 Å². The minimum Gasteiger partial charge on any atom is -0.271 e. The van der Waals surface area contributed by atoms with Gasteiger partial charge in [-0.2, -0.15) is 18.3 Å². The molecule has 0 aliphatic rings. The molecule has 27 heavy (non-hydrogen) atoms. The lowest BCUT2D eigenvalue weighted by Crippen LogP contribution is -2.14. The Morgan fingerprint density at radius 1 is 1.07 bits per heavy atom. The molecule has 0 saturated heterocycles. The summed E-state index contributed by atoms with van der Waals surface area (Å²) >= 11 is 0. The van der Waals surface area contributed by atoms with E-state index in [4.69, 9.17) is 0 Å². The highest BCUT2D eigenvalue weighted by atomic mass is 32.2. The molecule has 1 aromatic heterocycles. The van der Waals surface area contributed by atoms with Crippen LogP contribution in [-0.2, 0) is 16.2 Å². The number of benzene rings is 2. The van der Waals surface area contributed by atoms with Crippen LogP contribution in [0.3, 0.4) is 0 Å². The van der Waals surface area contributed by atoms with Crippen molar-refractivity contribution in [3.63, 3.8) is 0 Å². The third kappa shape index (κ3) is 3.80. The van der Waals surface area contributed by atoms with E-state index in [2.05, 4.69) is 9.82 Å². The van der Waals surface area contributed by atoms with Gasteiger partial charge in [0.1, 0.15) is 11.5 Å². The van der Waals surface area contributed by atoms with Crippen molar-refractivity contribution in [2.75, 3.05) is 4.72 Å². The van der Waals surface area contributed by atoms with Gasteiger partial charge in [0, 0.05) is 0 Å². The molecule has 2 N–H and O–H groups in total. The second-order valence-corrected chi connectivity index (χ2v) is 7.38. The summed E-state index contributed by atoms with van der Waals surface area (Å²) in [6, 6.07) is 10.3. The zero-order valence-electron chi connectivity index (χ0n) is 13.8. The van der Waals surface area contributed by atoms with Gasteiger partial charge < -0.3 is 0 Å². The van der Waals surface area contributed by atoms with Crippen LogP contribution < -0.4 is 4.72 Å². The lowest BCUT2D eigenvalue weighted by molar-refractivity contribution is -0.140. The van der Waals surface area contributed by atoms with Crippen molar-refractivity contribution in [2.45, 2.75) is 18.0 Å². The van der Waals surface area contributed by atoms with Crippen LogP contribution in [0.15, 0.2) is 53.4 Å². The summed E-state index contributed by atoms with van der Waals surface area (Å²) in [4.78, 5) is -0.136. The molecule has 3 rings (SSSR count). The molecule has 0 fully saturated rings. The predicted octanol–water partition coefficient (Wildman–Crippen LogP) is 4.34. The molecule has 0 aliphatic heterocycles. The third-order valence-corrected chi connectivity index (χ3v) is 5.15. The van der Waals surface area contributed by atoms with Gasteiger partial charge in [-0.25, -0.2) is 12.8 Å². The molecule has 0 saturated carbocycles. The Labute approximate surface area is 152 Å². The number of sulfonamides is 1. The highest BCUT2D eigenvalue weighted by Crippen LogP contribution is 2.41. The maximum absolute atomic E-state index is 13.4. The Morgan fingerprint density at radius 2 is 1.74 bits per heavy atom. The molecule has 0 atom stereocenters. The Hall–Kier alpha value is -2.88. The van der Waals surface area contributed by atoms with Crippen LogP contribution in [0.1, 0.15) is 11.3 Å². The van der Waals surface area contributed by atoms with Crippen LogP contribution in [0.4, 0.5) is 23.4 Å². The monoisotopic (exact) mass is 399 g/mol. The van der Waals surface area contributed by atoms with Crippen molar-refractivity contribution in [2.24, 2.45) is 0 Å². The van der Waals surface area contributed by atoms with E-state index in [-0.39, 0.29) is 16.0 Å². The van der Waals surface area contributed by atoms with Gasteiger partial charge in [0.2, 0.25) is 0 Å². The van der Waals surface area contributed by atoms with Crippen LogP contribution in [0.2, 0.25) is 0 Å². The second kappa shape index (κ2) is 6.69. The van der Waals surface area contributed by atoms with E-state index in [0.717, 1.165) is 18.2 Å². The molecule has 0 radical (unpaired) electrons. The van der Waals surface area contributed by atoms with E-state index in [1.807, 2.05) is 5.10 Å². The smallest absolute Gasteiger partial charge is 0.271 e. The number of anilines is 1. The standard InChI is InChI=1S/C17H13F4N3O2S/c1-10-9-11(18)7-8-13(10)14-15(17(19,20)21)22-23-16(14)24-27(25,26)12-5-3-2-4-6-12/h2-9H,1H3,(H2,22,23,24). The largest absolute Gasteiger partial charge is 0.433 e. The van der Waals surface area contributed by atoms with Gasteiger partial charge in [-0.1, -0.05) is 24.3 Å². The van der Waals surface area contributed by atoms with Crippen LogP contribution in [0.5, 0.6) is 0 Å². The highest BCUT2D eigenvalue weighted by molar-refractivity contribution is 7.92. The molecule has 0 amide bonds. The summed E-state index contributed by atoms with van der Waals surface area (Å²) in [5, 5.41) is 5.34. The summed E-state index contributed by atoms with van der Waals surface area (Å²) in [6.07, 6.45) is -4.82. The van der Waals surface area contributed by atoms with E-state index in [0.29, 0.717) is 0 Å². The van der Waals surface area contributed by atoms with Crippen molar-refractivity contribution in [1.29, 1.82) is 0 Å². The molecule has 0 aliphatic carbocycles. The first-order valence-corrected chi connectivity index (χ1v) is 9.08. The van der Waals surface area contributed by atoms with Crippen molar-refractivity contribution in [3.8, 4) is 11.1 Å². The van der Waals surface area contributed by atoms with Gasteiger partial charge in [0.25, 0.3) is 10.0 Å². The van der Waals surface area contributed by atoms with Crippen molar-refractivity contribution < 1.29 is 26.0 Å². The number of aryl methyl sites for hydroxylation is 1. The molecule has 10 heteroatoms. The number of nitrogens with zero attached hydrogens (tertiary/aromatic N) is 1. The fraction of sp³-hybridized carbons (Fsp3) is 0.118. The average molecular weight is 399 g/mol. The van der Waals surface area contributed by atoms with Crippen LogP contribution in [0.25, 0.3) is 11.1 Å². The minimum atomic E-state index is -4.82. The van der Waals surface area contributed by atoms with Gasteiger partial charge in [-0.05, 0) is 42.3 Å². The molecule has 0 spiro atoms. The number of rotatable bonds is 4. The first-order chi connectivity index (χ1) is 12.6. The fourth-order valence-corrected chi connectivity index (χ4v) is 3.61. The molecule has 2 aromatic carbocycles. The number of alkyl halides is 3. The van der Waals surface area contributed by atoms with E-state index >= 15 is 0 Å². The fourth-order valence-electron chi connectivity index (χ4n) is 2.58. The lowest BCUT2D eigenvalue weighted by Gasteiger charge is -2.12. The Bertz CT molecular complexity index is 1080. The van der Waals surface area contributed by atoms with E-state index in [9.17, 15) is 26.0 Å². The second-order valence-electron chi connectivity index (χ2n) is 5.70. The SMILES string of the molecule is Cc1cc(F)ccc1-c1c(NS(=O)(=O)c2ccccc2)n[nH]c1C(F)(F)F. The number of hydrogen-bond donors (Lipinski definition) is 2. The molecular weight excluding hydrogens is 386 g/mol. The third-order valence-electron chi connectivity index (χ3n) is 3.79. The Kier molecular flexibility index (Phi) is 4.68. The summed E-state index contributed by atoms with van der Waals surface area (Å²) in [7, 11) is -4.17. The summed E-state index contributed by atoms with van der Waals surface area (Å²) in [6.45, 7) is 1.42. The summed E-state index contributed by atoms with van der Waals surface area (Å²) in [5.74, 6) is -1.15. The Morgan fingerprint density at radius 3 is 2.33 bits per heavy atom. The lowest BCUT2D eigenvalue weighted by atomic mass is 10.00. The van der Waals surface area contributed by atoms with Crippen molar-refractivity contribution >= 4 is 15.8 Å². The van der Waals surface area contributed by atoms with Gasteiger partial charge in [0.15, 0.2) is 5.82 Å². The normalized spacial score (nSPS) is 12.2. The van der Waals surface area contributed by atoms with Crippen LogP contribution >= 0.6 is 0 Å². The summed E-state index contributed by atoms with van der Waals surface area (Å²) < 4.78 is 80.6. The number of hydrogen-bond acceptors (Lipinski definition) is 3. The first-order valence-electron chi connectivity index (χ1n) is 7.59. The Balaban J connectivity index is 2.16. The minimum absolute atomic E-state index is 0.00300. The van der Waals surface area contributed by atoms with E-state index in [1.165, 1.54) is 31.2 Å². The molecule has 1 heterocycles. The quantitative estimate of drug-likeness (QED) is 0.641. The molecule has 0 bridgehead atoms. The molecule has 142 valence electrons. The number of H-pyrrole nitrogens is 1. The molecule has 0 unspecified atom stereocenters. The topological polar surface area (TPSA) is 74.8 Å². The maximum atomic E-state index is 13.4. The van der Waals surface area contributed by atoms with Crippen LogP contribution in [0, 0.1) is 12.7 Å². The van der Waals surface area contributed by atoms with E-state index in [1.54, 1.807) is 6.07 Å². The first kappa shape index (κ1) is 18.9. The highest BCUT2D eigenvalue weighted by Gasteiger charge is 2.39. The van der Waals surface area contributed by atoms with Crippen LogP contribution in [-0.4, -0.2) is 18.6 Å². The maximum Gasteiger partial charge on any atom is 0.433 e. The van der Waals surface area contributed by atoms with Gasteiger partial charge >= 0.3 is 6.18 Å². The zero-order chi connectivity index (χ0) is 19.8. The predicted molar refractivity (Wildman–Crippen MR) is 91.0 cm³/mol. The number of aromatic nitrogens is 2. The average Bonchev–Trinajstić information content (AvgIpc) is 2.99. The van der Waals surface area contributed by atoms with Crippen molar-refractivity contribution in [1.82, 2.24) is 10.2 Å². The van der Waals surface area contributed by atoms with Gasteiger partial charge in [0.05, 0.1) is 10.5 Å². The van der Waals surface area contributed by atoms with Crippen molar-refractivity contribution in [3.05, 3.63) is 65.6 Å².